The number of carbonyl (C=O) groups excluding carboxylic acids is 1. The van der Waals surface area contributed by atoms with Crippen LogP contribution in [0.1, 0.15) is 39.8 Å². The number of nitrogens with zero attached hydrogens (tertiary/aromatic N) is 3. The summed E-state index contributed by atoms with van der Waals surface area (Å²) in [5, 5.41) is 7.79. The number of hydrogen-bond donors (Lipinski definition) is 1. The fraction of sp³-hybridized carbons (Fsp3) is 0.407. The molecule has 1 saturated heterocycles. The first-order chi connectivity index (χ1) is 17.6. The number of carbonyl (C=O) groups is 1. The number of nitrogens with one attached hydrogen (secondary N) is 1. The third kappa shape index (κ3) is 4.81. The highest BCUT2D eigenvalue weighted by atomic mass is 19.1. The lowest BCUT2D eigenvalue weighted by molar-refractivity contribution is 0.0161. The number of benzene rings is 2. The summed E-state index contributed by atoms with van der Waals surface area (Å²) >= 11 is 0. The maximum atomic E-state index is 13.4. The average molecular weight is 495 g/mol. The summed E-state index contributed by atoms with van der Waals surface area (Å²) in [4.78, 5) is 15.7. The van der Waals surface area contributed by atoms with Crippen molar-refractivity contribution in [3.05, 3.63) is 70.8 Å². The molecule has 8 nitrogen and oxygen atoms in total. The summed E-state index contributed by atoms with van der Waals surface area (Å²) in [5.74, 6) is 0.806. The van der Waals surface area contributed by atoms with Gasteiger partial charge in [-0.3, -0.25) is 9.69 Å². The van der Waals surface area contributed by atoms with Crippen molar-refractivity contribution in [3.8, 4) is 17.2 Å². The molecule has 2 heterocycles. The zero-order chi connectivity index (χ0) is 25.1. The van der Waals surface area contributed by atoms with Gasteiger partial charge in [-0.15, -0.1) is 0 Å². The monoisotopic (exact) mass is 494 g/mol. The number of fused-ring (bicyclic) bond motifs is 1. The van der Waals surface area contributed by atoms with Crippen LogP contribution in [0.15, 0.2) is 42.5 Å². The Kier molecular flexibility index (Phi) is 7.20. The smallest absolute Gasteiger partial charge is 0.272 e. The van der Waals surface area contributed by atoms with Crippen LogP contribution in [0.3, 0.4) is 0 Å². The molecule has 1 aliphatic carbocycles. The SMILES string of the molecule is COc1ccc(C(CNC(=O)c2nn(-c3ccc(F)cc3)c3c2CCC3)N2CCOCC2)cc1OC. The number of aromatic nitrogens is 2. The normalized spacial score (nSPS) is 16.4. The molecule has 0 radical (unpaired) electrons. The topological polar surface area (TPSA) is 77.9 Å². The number of amides is 1. The number of morpholine rings is 1. The Hall–Kier alpha value is -3.43. The molecule has 1 aliphatic heterocycles. The Morgan fingerprint density at radius 1 is 1.08 bits per heavy atom. The van der Waals surface area contributed by atoms with Gasteiger partial charge in [0.05, 0.1) is 39.2 Å². The molecule has 1 amide bonds. The van der Waals surface area contributed by atoms with Gasteiger partial charge in [-0.05, 0) is 61.2 Å². The Morgan fingerprint density at radius 2 is 1.83 bits per heavy atom. The second-order valence-electron chi connectivity index (χ2n) is 9.00. The van der Waals surface area contributed by atoms with Crippen LogP contribution in [0.4, 0.5) is 4.39 Å². The lowest BCUT2D eigenvalue weighted by Gasteiger charge is -2.35. The van der Waals surface area contributed by atoms with Gasteiger partial charge in [-0.25, -0.2) is 9.07 Å². The van der Waals surface area contributed by atoms with Gasteiger partial charge in [0.25, 0.3) is 5.91 Å². The quantitative estimate of drug-likeness (QED) is 0.518. The third-order valence-corrected chi connectivity index (χ3v) is 6.95. The van der Waals surface area contributed by atoms with E-state index in [1.165, 1.54) is 12.1 Å². The minimum Gasteiger partial charge on any atom is -0.493 e. The van der Waals surface area contributed by atoms with Crippen LogP contribution in [0, 0.1) is 5.82 Å². The molecule has 5 rings (SSSR count). The summed E-state index contributed by atoms with van der Waals surface area (Å²) in [6.07, 6.45) is 2.62. The summed E-state index contributed by atoms with van der Waals surface area (Å²) < 4.78 is 31.7. The molecule has 2 aromatic carbocycles. The van der Waals surface area contributed by atoms with Crippen molar-refractivity contribution in [3.63, 3.8) is 0 Å². The van der Waals surface area contributed by atoms with Crippen LogP contribution in [-0.2, 0) is 17.6 Å². The molecule has 9 heteroatoms. The predicted molar refractivity (Wildman–Crippen MR) is 133 cm³/mol. The van der Waals surface area contributed by atoms with E-state index in [9.17, 15) is 9.18 Å². The van der Waals surface area contributed by atoms with Crippen molar-refractivity contribution in [2.24, 2.45) is 0 Å². The van der Waals surface area contributed by atoms with Crippen LogP contribution < -0.4 is 14.8 Å². The van der Waals surface area contributed by atoms with Gasteiger partial charge in [0.2, 0.25) is 0 Å². The standard InChI is InChI=1S/C27H31FN4O4/c1-34-24-11-6-18(16-25(24)35-2)23(31-12-14-36-15-13-31)17-29-27(33)26-21-4-3-5-22(21)32(30-26)20-9-7-19(28)8-10-20/h6-11,16,23H,3-5,12-15,17H2,1-2H3,(H,29,33). The van der Waals surface area contributed by atoms with E-state index >= 15 is 0 Å². The lowest BCUT2D eigenvalue weighted by Crippen LogP contribution is -2.44. The molecule has 190 valence electrons. The van der Waals surface area contributed by atoms with E-state index in [0.29, 0.717) is 37.0 Å². The summed E-state index contributed by atoms with van der Waals surface area (Å²) in [6.45, 7) is 3.24. The van der Waals surface area contributed by atoms with E-state index in [2.05, 4.69) is 15.3 Å². The van der Waals surface area contributed by atoms with E-state index in [1.54, 1.807) is 31.0 Å². The van der Waals surface area contributed by atoms with Gasteiger partial charge in [0.15, 0.2) is 17.2 Å². The van der Waals surface area contributed by atoms with Gasteiger partial charge < -0.3 is 19.5 Å². The molecule has 1 fully saturated rings. The van der Waals surface area contributed by atoms with Crippen molar-refractivity contribution >= 4 is 5.91 Å². The van der Waals surface area contributed by atoms with Gasteiger partial charge in [0.1, 0.15) is 5.82 Å². The van der Waals surface area contributed by atoms with Crippen molar-refractivity contribution < 1.29 is 23.4 Å². The molecule has 36 heavy (non-hydrogen) atoms. The molecule has 1 N–H and O–H groups in total. The maximum absolute atomic E-state index is 13.4. The fourth-order valence-corrected chi connectivity index (χ4v) is 5.10. The molecule has 0 bridgehead atoms. The van der Waals surface area contributed by atoms with Crippen LogP contribution in [0.2, 0.25) is 0 Å². The van der Waals surface area contributed by atoms with E-state index in [0.717, 1.165) is 54.9 Å². The third-order valence-electron chi connectivity index (χ3n) is 6.95. The molecular weight excluding hydrogens is 463 g/mol. The zero-order valence-electron chi connectivity index (χ0n) is 20.6. The molecule has 3 aromatic rings. The van der Waals surface area contributed by atoms with E-state index in [4.69, 9.17) is 14.2 Å². The predicted octanol–water partition coefficient (Wildman–Crippen LogP) is 3.32. The Morgan fingerprint density at radius 3 is 2.56 bits per heavy atom. The molecular formula is C27H31FN4O4. The van der Waals surface area contributed by atoms with E-state index < -0.39 is 0 Å². The van der Waals surface area contributed by atoms with E-state index in [1.807, 2.05) is 18.2 Å². The highest BCUT2D eigenvalue weighted by molar-refractivity contribution is 5.94. The molecule has 1 aromatic heterocycles. The first kappa shape index (κ1) is 24.3. The number of methoxy groups -OCH3 is 2. The van der Waals surface area contributed by atoms with Gasteiger partial charge >= 0.3 is 0 Å². The number of ether oxygens (including phenoxy) is 3. The fourth-order valence-electron chi connectivity index (χ4n) is 5.10. The summed E-state index contributed by atoms with van der Waals surface area (Å²) in [6, 6.07) is 12.0. The number of hydrogen-bond acceptors (Lipinski definition) is 6. The highest BCUT2D eigenvalue weighted by Crippen LogP contribution is 2.32. The summed E-state index contributed by atoms with van der Waals surface area (Å²) in [5.41, 5.74) is 4.23. The highest BCUT2D eigenvalue weighted by Gasteiger charge is 2.29. The van der Waals surface area contributed by atoms with Crippen molar-refractivity contribution in [2.45, 2.75) is 25.3 Å². The number of rotatable bonds is 8. The zero-order valence-corrected chi connectivity index (χ0v) is 20.6. The Bertz CT molecular complexity index is 1220. The average Bonchev–Trinajstić information content (AvgIpc) is 3.53. The first-order valence-corrected chi connectivity index (χ1v) is 12.3. The Labute approximate surface area is 209 Å². The molecule has 2 aliphatic rings. The van der Waals surface area contributed by atoms with Crippen molar-refractivity contribution in [1.82, 2.24) is 20.0 Å². The lowest BCUT2D eigenvalue weighted by atomic mass is 10.0. The molecule has 0 saturated carbocycles. The molecule has 1 atom stereocenters. The first-order valence-electron chi connectivity index (χ1n) is 12.3. The van der Waals surface area contributed by atoms with Gasteiger partial charge in [-0.2, -0.15) is 5.10 Å². The maximum Gasteiger partial charge on any atom is 0.272 e. The molecule has 1 unspecified atom stereocenters. The second-order valence-corrected chi connectivity index (χ2v) is 9.00. The number of halogens is 1. The largest absolute Gasteiger partial charge is 0.493 e. The van der Waals surface area contributed by atoms with Crippen molar-refractivity contribution in [1.29, 1.82) is 0 Å². The van der Waals surface area contributed by atoms with Crippen LogP contribution in [-0.4, -0.2) is 67.7 Å². The van der Waals surface area contributed by atoms with Crippen LogP contribution in [0.25, 0.3) is 5.69 Å². The molecule has 0 spiro atoms. The van der Waals surface area contributed by atoms with Crippen LogP contribution >= 0.6 is 0 Å². The van der Waals surface area contributed by atoms with Crippen molar-refractivity contribution in [2.75, 3.05) is 47.1 Å². The minimum atomic E-state index is -0.301. The van der Waals surface area contributed by atoms with Crippen LogP contribution in [0.5, 0.6) is 11.5 Å². The second kappa shape index (κ2) is 10.7. The minimum absolute atomic E-state index is 0.0649. The Balaban J connectivity index is 1.39. The van der Waals surface area contributed by atoms with Gasteiger partial charge in [0, 0.05) is 30.9 Å². The van der Waals surface area contributed by atoms with E-state index in [-0.39, 0.29) is 17.8 Å². The van der Waals surface area contributed by atoms with Gasteiger partial charge in [-0.1, -0.05) is 6.07 Å². The summed E-state index contributed by atoms with van der Waals surface area (Å²) in [7, 11) is 3.23.